The molecule has 0 spiro atoms. The van der Waals surface area contributed by atoms with Crippen LogP contribution in [0.3, 0.4) is 0 Å². The van der Waals surface area contributed by atoms with Crippen LogP contribution in [0.5, 0.6) is 0 Å². The quantitative estimate of drug-likeness (QED) is 0.699. The normalized spacial score (nSPS) is 25.9. The molecule has 13 heavy (non-hydrogen) atoms. The summed E-state index contributed by atoms with van der Waals surface area (Å²) < 4.78 is 0. The molecule has 2 N–H and O–H groups in total. The molecule has 1 unspecified atom stereocenters. The van der Waals surface area contributed by atoms with Gasteiger partial charge in [-0.2, -0.15) is 0 Å². The molecular weight excluding hydrogens is 164 g/mol. The number of nitrogens with two attached hydrogens (primary N) is 1. The van der Waals surface area contributed by atoms with Gasteiger partial charge >= 0.3 is 0 Å². The number of rotatable bonds is 2. The second kappa shape index (κ2) is 3.66. The van der Waals surface area contributed by atoms with Crippen LogP contribution >= 0.6 is 0 Å². The fourth-order valence-electron chi connectivity index (χ4n) is 2.07. The fraction of sp³-hybridized carbons (Fsp3) is 0.900. The van der Waals surface area contributed by atoms with E-state index in [0.29, 0.717) is 6.04 Å². The minimum absolute atomic E-state index is 0.221. The molecule has 1 aliphatic rings. The van der Waals surface area contributed by atoms with Gasteiger partial charge in [0.2, 0.25) is 5.91 Å². The highest BCUT2D eigenvalue weighted by Gasteiger charge is 2.36. The highest BCUT2D eigenvalue weighted by atomic mass is 16.1. The molecule has 0 aromatic carbocycles. The van der Waals surface area contributed by atoms with Crippen LogP contribution in [0.2, 0.25) is 0 Å². The van der Waals surface area contributed by atoms with E-state index in [0.717, 1.165) is 6.54 Å². The molecule has 0 bridgehead atoms. The van der Waals surface area contributed by atoms with E-state index in [-0.39, 0.29) is 5.91 Å². The van der Waals surface area contributed by atoms with Crippen LogP contribution in [-0.2, 0) is 4.79 Å². The minimum atomic E-state index is -0.486. The van der Waals surface area contributed by atoms with Crippen LogP contribution in [-0.4, -0.2) is 28.9 Å². The van der Waals surface area contributed by atoms with Crippen LogP contribution in [0.25, 0.3) is 0 Å². The number of hydrogen-bond acceptors (Lipinski definition) is 2. The standard InChI is InChI=1S/C10H20N2O/c1-8-6-4-5-7-12(8)10(2,3)9(11)13/h8H,4-7H2,1-3H3,(H2,11,13). The predicted octanol–water partition coefficient (Wildman–Crippen LogP) is 1.12. The average molecular weight is 184 g/mol. The summed E-state index contributed by atoms with van der Waals surface area (Å²) in [5.74, 6) is -0.221. The average Bonchev–Trinajstić information content (AvgIpc) is 2.04. The van der Waals surface area contributed by atoms with Gasteiger partial charge in [-0.25, -0.2) is 0 Å². The Morgan fingerprint density at radius 1 is 1.46 bits per heavy atom. The third-order valence-electron chi connectivity index (χ3n) is 3.12. The third-order valence-corrected chi connectivity index (χ3v) is 3.12. The summed E-state index contributed by atoms with van der Waals surface area (Å²) in [5, 5.41) is 0. The number of amides is 1. The molecule has 1 atom stereocenters. The number of hydrogen-bond donors (Lipinski definition) is 1. The van der Waals surface area contributed by atoms with Crippen molar-refractivity contribution in [2.75, 3.05) is 6.54 Å². The van der Waals surface area contributed by atoms with E-state index in [9.17, 15) is 4.79 Å². The Morgan fingerprint density at radius 2 is 2.08 bits per heavy atom. The molecule has 1 amide bonds. The van der Waals surface area contributed by atoms with Crippen molar-refractivity contribution in [3.63, 3.8) is 0 Å². The molecule has 0 aliphatic carbocycles. The van der Waals surface area contributed by atoms with Crippen molar-refractivity contribution < 1.29 is 4.79 Å². The van der Waals surface area contributed by atoms with Crippen molar-refractivity contribution in [2.24, 2.45) is 5.73 Å². The molecule has 3 nitrogen and oxygen atoms in total. The highest BCUT2D eigenvalue weighted by Crippen LogP contribution is 2.25. The van der Waals surface area contributed by atoms with E-state index in [1.165, 1.54) is 19.3 Å². The second-order valence-electron chi connectivity index (χ2n) is 4.46. The molecule has 1 aliphatic heterocycles. The van der Waals surface area contributed by atoms with Gasteiger partial charge in [0.05, 0.1) is 5.54 Å². The second-order valence-corrected chi connectivity index (χ2v) is 4.46. The number of carbonyl (C=O) groups is 1. The first-order valence-electron chi connectivity index (χ1n) is 5.03. The Balaban J connectivity index is 2.73. The zero-order valence-corrected chi connectivity index (χ0v) is 8.84. The van der Waals surface area contributed by atoms with Gasteiger partial charge in [-0.05, 0) is 40.2 Å². The lowest BCUT2D eigenvalue weighted by atomic mass is 9.94. The Labute approximate surface area is 80.3 Å². The van der Waals surface area contributed by atoms with Crippen molar-refractivity contribution in [3.05, 3.63) is 0 Å². The number of primary amides is 1. The van der Waals surface area contributed by atoms with Crippen molar-refractivity contribution in [1.82, 2.24) is 4.90 Å². The van der Waals surface area contributed by atoms with Crippen LogP contribution in [0.1, 0.15) is 40.0 Å². The van der Waals surface area contributed by atoms with Gasteiger partial charge in [0.25, 0.3) is 0 Å². The van der Waals surface area contributed by atoms with Gasteiger partial charge in [0.15, 0.2) is 0 Å². The van der Waals surface area contributed by atoms with Crippen LogP contribution in [0.15, 0.2) is 0 Å². The maximum absolute atomic E-state index is 11.2. The van der Waals surface area contributed by atoms with Gasteiger partial charge in [-0.1, -0.05) is 6.42 Å². The van der Waals surface area contributed by atoms with E-state index >= 15 is 0 Å². The zero-order valence-electron chi connectivity index (χ0n) is 8.84. The lowest BCUT2D eigenvalue weighted by Crippen LogP contribution is -2.57. The van der Waals surface area contributed by atoms with E-state index in [2.05, 4.69) is 11.8 Å². The third kappa shape index (κ3) is 2.02. The first-order chi connectivity index (χ1) is 5.96. The molecule has 76 valence electrons. The van der Waals surface area contributed by atoms with Gasteiger partial charge in [-0.3, -0.25) is 9.69 Å². The van der Waals surface area contributed by atoms with E-state index in [1.54, 1.807) is 0 Å². The van der Waals surface area contributed by atoms with Gasteiger partial charge in [-0.15, -0.1) is 0 Å². The van der Waals surface area contributed by atoms with E-state index < -0.39 is 5.54 Å². The van der Waals surface area contributed by atoms with Crippen LogP contribution < -0.4 is 5.73 Å². The molecule has 0 aromatic heterocycles. The molecule has 0 saturated carbocycles. The minimum Gasteiger partial charge on any atom is -0.368 e. The zero-order chi connectivity index (χ0) is 10.1. The first kappa shape index (κ1) is 10.5. The molecule has 3 heteroatoms. The summed E-state index contributed by atoms with van der Waals surface area (Å²) in [6, 6.07) is 0.483. The number of piperidine rings is 1. The maximum atomic E-state index is 11.2. The molecule has 0 radical (unpaired) electrons. The molecule has 1 rings (SSSR count). The summed E-state index contributed by atoms with van der Waals surface area (Å²) in [5.41, 5.74) is 4.90. The monoisotopic (exact) mass is 184 g/mol. The molecule has 1 heterocycles. The summed E-state index contributed by atoms with van der Waals surface area (Å²) in [7, 11) is 0. The Morgan fingerprint density at radius 3 is 2.54 bits per heavy atom. The van der Waals surface area contributed by atoms with E-state index in [4.69, 9.17) is 5.73 Å². The molecule has 0 aromatic rings. The van der Waals surface area contributed by atoms with Crippen LogP contribution in [0.4, 0.5) is 0 Å². The molecular formula is C10H20N2O. The summed E-state index contributed by atoms with van der Waals surface area (Å²) in [6.07, 6.45) is 3.63. The first-order valence-corrected chi connectivity index (χ1v) is 5.03. The Bertz CT molecular complexity index is 201. The van der Waals surface area contributed by atoms with Crippen molar-refractivity contribution in [1.29, 1.82) is 0 Å². The van der Waals surface area contributed by atoms with Crippen molar-refractivity contribution in [3.8, 4) is 0 Å². The lowest BCUT2D eigenvalue weighted by Gasteiger charge is -2.43. The maximum Gasteiger partial charge on any atom is 0.237 e. The predicted molar refractivity (Wildman–Crippen MR) is 53.3 cm³/mol. The number of likely N-dealkylation sites (tertiary alicyclic amines) is 1. The SMILES string of the molecule is CC1CCCCN1C(C)(C)C(N)=O. The lowest BCUT2D eigenvalue weighted by molar-refractivity contribution is -0.130. The van der Waals surface area contributed by atoms with Gasteiger partial charge in [0, 0.05) is 6.04 Å². The highest BCUT2D eigenvalue weighted by molar-refractivity contribution is 5.83. The molecule has 1 fully saturated rings. The largest absolute Gasteiger partial charge is 0.368 e. The van der Waals surface area contributed by atoms with Crippen molar-refractivity contribution in [2.45, 2.75) is 51.6 Å². The summed E-state index contributed by atoms with van der Waals surface area (Å²) in [6.45, 7) is 7.00. The summed E-state index contributed by atoms with van der Waals surface area (Å²) >= 11 is 0. The fourth-order valence-corrected chi connectivity index (χ4v) is 2.07. The summed E-state index contributed by atoms with van der Waals surface area (Å²) in [4.78, 5) is 13.5. The topological polar surface area (TPSA) is 46.3 Å². The van der Waals surface area contributed by atoms with Gasteiger partial charge in [0.1, 0.15) is 0 Å². The van der Waals surface area contributed by atoms with Gasteiger partial charge < -0.3 is 5.73 Å². The van der Waals surface area contributed by atoms with Crippen molar-refractivity contribution >= 4 is 5.91 Å². The number of nitrogens with zero attached hydrogens (tertiary/aromatic N) is 1. The molecule has 1 saturated heterocycles. The Hall–Kier alpha value is -0.570. The number of carbonyl (C=O) groups excluding carboxylic acids is 1. The van der Waals surface area contributed by atoms with Crippen LogP contribution in [0, 0.1) is 0 Å². The van der Waals surface area contributed by atoms with E-state index in [1.807, 2.05) is 13.8 Å². The Kier molecular flexibility index (Phi) is 2.96. The smallest absolute Gasteiger partial charge is 0.237 e.